The minimum atomic E-state index is 0.674. The van der Waals surface area contributed by atoms with Crippen molar-refractivity contribution < 1.29 is 0 Å². The van der Waals surface area contributed by atoms with Gasteiger partial charge in [0, 0.05) is 33.8 Å². The minimum Gasteiger partial charge on any atom is -0.256 e. The van der Waals surface area contributed by atoms with E-state index in [-0.39, 0.29) is 0 Å². The number of rotatable bonds is 6. The Morgan fingerprint density at radius 2 is 0.761 bits per heavy atom. The average Bonchev–Trinajstić information content (AvgIpc) is 3.15. The molecule has 8 aromatic rings. The maximum Gasteiger partial charge on any atom is 0.160 e. The maximum absolute atomic E-state index is 5.15. The highest BCUT2D eigenvalue weighted by Crippen LogP contribution is 2.32. The Balaban J connectivity index is 1.24. The summed E-state index contributed by atoms with van der Waals surface area (Å²) >= 11 is 0. The van der Waals surface area contributed by atoms with Gasteiger partial charge >= 0.3 is 0 Å². The molecule has 0 fully saturated rings. The second kappa shape index (κ2) is 12.1. The lowest BCUT2D eigenvalue weighted by molar-refractivity contribution is 1.18. The summed E-state index contributed by atoms with van der Waals surface area (Å²) in [4.78, 5) is 15.1. The zero-order valence-corrected chi connectivity index (χ0v) is 25.1. The molecule has 0 aliphatic carbocycles. The van der Waals surface area contributed by atoms with Crippen molar-refractivity contribution in [1.29, 1.82) is 0 Å². The van der Waals surface area contributed by atoms with Crippen molar-refractivity contribution in [2.45, 2.75) is 0 Å². The van der Waals surface area contributed by atoms with E-state index in [0.717, 1.165) is 55.7 Å². The lowest BCUT2D eigenvalue weighted by Gasteiger charge is -2.12. The number of aromatic nitrogens is 3. The molecule has 6 aromatic carbocycles. The van der Waals surface area contributed by atoms with Crippen molar-refractivity contribution >= 4 is 10.8 Å². The molecule has 2 aromatic heterocycles. The van der Waals surface area contributed by atoms with E-state index >= 15 is 0 Å². The van der Waals surface area contributed by atoms with Gasteiger partial charge in [-0.05, 0) is 51.9 Å². The predicted octanol–water partition coefficient (Wildman–Crippen LogP) is 11.0. The van der Waals surface area contributed by atoms with Crippen molar-refractivity contribution in [2.75, 3.05) is 0 Å². The third kappa shape index (κ3) is 5.58. The molecule has 2 heterocycles. The van der Waals surface area contributed by atoms with Crippen LogP contribution in [0.2, 0.25) is 0 Å². The second-order valence-corrected chi connectivity index (χ2v) is 11.3. The van der Waals surface area contributed by atoms with Gasteiger partial charge in [0.05, 0.1) is 17.1 Å². The van der Waals surface area contributed by atoms with E-state index in [1.807, 2.05) is 24.4 Å². The smallest absolute Gasteiger partial charge is 0.160 e. The van der Waals surface area contributed by atoms with Crippen LogP contribution in [0.25, 0.3) is 78.2 Å². The Morgan fingerprint density at radius 3 is 1.48 bits per heavy atom. The number of hydrogen-bond donors (Lipinski definition) is 0. The third-order valence-electron chi connectivity index (χ3n) is 8.33. The molecule has 3 nitrogen and oxygen atoms in total. The van der Waals surface area contributed by atoms with E-state index in [4.69, 9.17) is 15.0 Å². The van der Waals surface area contributed by atoms with Crippen LogP contribution in [0.15, 0.2) is 176 Å². The van der Waals surface area contributed by atoms with Crippen LogP contribution in [0.4, 0.5) is 0 Å². The number of hydrogen-bond acceptors (Lipinski definition) is 3. The van der Waals surface area contributed by atoms with Crippen molar-refractivity contribution in [1.82, 2.24) is 15.0 Å². The van der Waals surface area contributed by atoms with Crippen LogP contribution in [-0.4, -0.2) is 15.0 Å². The molecule has 0 saturated heterocycles. The first-order chi connectivity index (χ1) is 22.8. The summed E-state index contributed by atoms with van der Waals surface area (Å²) in [5.74, 6) is 0.674. The minimum absolute atomic E-state index is 0.674. The van der Waals surface area contributed by atoms with Gasteiger partial charge in [-0.25, -0.2) is 9.97 Å². The first-order valence-corrected chi connectivity index (χ1v) is 15.4. The van der Waals surface area contributed by atoms with Crippen LogP contribution in [0.3, 0.4) is 0 Å². The highest BCUT2D eigenvalue weighted by atomic mass is 14.9. The maximum atomic E-state index is 5.15. The summed E-state index contributed by atoms with van der Waals surface area (Å²) in [5.41, 5.74) is 11.4. The van der Waals surface area contributed by atoms with Crippen LogP contribution < -0.4 is 0 Å². The number of fused-ring (bicyclic) bond motifs is 1. The summed E-state index contributed by atoms with van der Waals surface area (Å²) in [6, 6.07) is 59.0. The fraction of sp³-hybridized carbons (Fsp3) is 0. The van der Waals surface area contributed by atoms with Gasteiger partial charge in [0.15, 0.2) is 5.82 Å². The Labute approximate surface area is 268 Å². The van der Waals surface area contributed by atoms with Gasteiger partial charge in [-0.3, -0.25) is 4.98 Å². The lowest BCUT2D eigenvalue weighted by Crippen LogP contribution is -1.96. The number of pyridine rings is 1. The van der Waals surface area contributed by atoms with Gasteiger partial charge < -0.3 is 0 Å². The average molecular weight is 588 g/mol. The molecule has 8 rings (SSSR count). The Morgan fingerprint density at radius 1 is 0.283 bits per heavy atom. The summed E-state index contributed by atoms with van der Waals surface area (Å²) in [7, 11) is 0. The summed E-state index contributed by atoms with van der Waals surface area (Å²) in [5, 5.41) is 2.29. The zero-order chi connectivity index (χ0) is 30.7. The van der Waals surface area contributed by atoms with Crippen LogP contribution >= 0.6 is 0 Å². The highest BCUT2D eigenvalue weighted by molar-refractivity contribution is 5.86. The predicted molar refractivity (Wildman–Crippen MR) is 190 cm³/mol. The molecule has 0 aliphatic rings. The van der Waals surface area contributed by atoms with Crippen molar-refractivity contribution in [3.05, 3.63) is 176 Å². The van der Waals surface area contributed by atoms with Gasteiger partial charge in [0.2, 0.25) is 0 Å². The first kappa shape index (κ1) is 27.4. The van der Waals surface area contributed by atoms with Gasteiger partial charge in [-0.15, -0.1) is 0 Å². The van der Waals surface area contributed by atoms with Crippen LogP contribution in [-0.2, 0) is 0 Å². The fourth-order valence-corrected chi connectivity index (χ4v) is 5.88. The summed E-state index contributed by atoms with van der Waals surface area (Å²) in [6.45, 7) is 0. The number of benzene rings is 6. The van der Waals surface area contributed by atoms with Gasteiger partial charge in [0.1, 0.15) is 0 Å². The summed E-state index contributed by atoms with van der Waals surface area (Å²) in [6.07, 6.45) is 1.94. The standard InChI is InChI=1S/C43H29N3/c1-3-11-30(12-4-1)32-21-23-33(24-22-32)41-28-42(37-19-9-17-34(25-37)31-13-5-2-6-14-31)46-43(45-41)38-20-10-18-36(26-38)40-27-35-15-7-8-16-39(35)29-44-40/h1-29H. The molecule has 0 N–H and O–H groups in total. The van der Waals surface area contributed by atoms with Crippen LogP contribution in [0.1, 0.15) is 0 Å². The Bertz CT molecular complexity index is 2290. The van der Waals surface area contributed by atoms with E-state index in [0.29, 0.717) is 5.82 Å². The highest BCUT2D eigenvalue weighted by Gasteiger charge is 2.13. The molecule has 216 valence electrons. The molecular weight excluding hydrogens is 558 g/mol. The van der Waals surface area contributed by atoms with Crippen molar-refractivity contribution in [2.24, 2.45) is 0 Å². The molecule has 0 atom stereocenters. The fourth-order valence-electron chi connectivity index (χ4n) is 5.88. The van der Waals surface area contributed by atoms with Crippen molar-refractivity contribution in [3.8, 4) is 67.4 Å². The molecule has 0 bridgehead atoms. The second-order valence-electron chi connectivity index (χ2n) is 11.3. The molecule has 0 radical (unpaired) electrons. The van der Waals surface area contributed by atoms with Gasteiger partial charge in [-0.2, -0.15) is 0 Å². The van der Waals surface area contributed by atoms with Gasteiger partial charge in [-0.1, -0.05) is 146 Å². The Hall–Kier alpha value is -6.19. The van der Waals surface area contributed by atoms with E-state index in [1.165, 1.54) is 16.7 Å². The zero-order valence-electron chi connectivity index (χ0n) is 25.1. The molecule has 46 heavy (non-hydrogen) atoms. The van der Waals surface area contributed by atoms with Crippen LogP contribution in [0.5, 0.6) is 0 Å². The normalized spacial score (nSPS) is 11.0. The van der Waals surface area contributed by atoms with Crippen LogP contribution in [0, 0.1) is 0 Å². The van der Waals surface area contributed by atoms with E-state index in [1.54, 1.807) is 0 Å². The Kier molecular flexibility index (Phi) is 7.18. The van der Waals surface area contributed by atoms with Gasteiger partial charge in [0.25, 0.3) is 0 Å². The molecule has 0 spiro atoms. The van der Waals surface area contributed by atoms with E-state index in [9.17, 15) is 0 Å². The van der Waals surface area contributed by atoms with E-state index < -0.39 is 0 Å². The molecule has 0 saturated carbocycles. The molecule has 0 unspecified atom stereocenters. The molecular formula is C43H29N3. The SMILES string of the molecule is c1ccc(-c2ccc(-c3cc(-c4cccc(-c5ccccc5)c4)nc(-c4cccc(-c5cc6ccccc6cn5)c4)n3)cc2)cc1. The van der Waals surface area contributed by atoms with Crippen molar-refractivity contribution in [3.63, 3.8) is 0 Å². The number of nitrogens with zero attached hydrogens (tertiary/aromatic N) is 3. The third-order valence-corrected chi connectivity index (χ3v) is 8.33. The molecule has 0 aliphatic heterocycles. The molecule has 0 amide bonds. The quantitative estimate of drug-likeness (QED) is 0.194. The monoisotopic (exact) mass is 587 g/mol. The topological polar surface area (TPSA) is 38.7 Å². The largest absolute Gasteiger partial charge is 0.256 e. The lowest BCUT2D eigenvalue weighted by atomic mass is 9.99. The van der Waals surface area contributed by atoms with E-state index in [2.05, 4.69) is 152 Å². The molecule has 3 heteroatoms. The summed E-state index contributed by atoms with van der Waals surface area (Å²) < 4.78 is 0. The first-order valence-electron chi connectivity index (χ1n) is 15.4.